The fourth-order valence-corrected chi connectivity index (χ4v) is 2.02. The van der Waals surface area contributed by atoms with Gasteiger partial charge in [0.2, 0.25) is 0 Å². The van der Waals surface area contributed by atoms with E-state index >= 15 is 0 Å². The van der Waals surface area contributed by atoms with Crippen molar-refractivity contribution in [2.24, 2.45) is 0 Å². The SMILES string of the molecule is O=Cc1ccc(-c2cc(C(=O)O)c(Cl)cc2Cl)o1. The summed E-state index contributed by atoms with van der Waals surface area (Å²) in [6.45, 7) is 0. The molecule has 0 aliphatic heterocycles. The molecule has 0 aliphatic rings. The van der Waals surface area contributed by atoms with Crippen molar-refractivity contribution in [2.45, 2.75) is 0 Å². The minimum Gasteiger partial charge on any atom is -0.478 e. The van der Waals surface area contributed by atoms with Gasteiger partial charge in [-0.2, -0.15) is 0 Å². The second-order valence-corrected chi connectivity index (χ2v) is 4.25. The average molecular weight is 285 g/mol. The van der Waals surface area contributed by atoms with Crippen LogP contribution in [0.2, 0.25) is 10.0 Å². The Bertz CT molecular complexity index is 631. The highest BCUT2D eigenvalue weighted by Gasteiger charge is 2.16. The molecule has 4 nitrogen and oxygen atoms in total. The van der Waals surface area contributed by atoms with E-state index in [1.54, 1.807) is 0 Å². The van der Waals surface area contributed by atoms with Crippen LogP contribution in [0.5, 0.6) is 0 Å². The van der Waals surface area contributed by atoms with Gasteiger partial charge in [-0.3, -0.25) is 4.79 Å². The third-order valence-corrected chi connectivity index (χ3v) is 2.92. The third-order valence-electron chi connectivity index (χ3n) is 2.30. The highest BCUT2D eigenvalue weighted by Crippen LogP contribution is 2.33. The summed E-state index contributed by atoms with van der Waals surface area (Å²) in [6.07, 6.45) is 0.547. The molecule has 0 spiro atoms. The highest BCUT2D eigenvalue weighted by atomic mass is 35.5. The van der Waals surface area contributed by atoms with Crippen molar-refractivity contribution in [1.82, 2.24) is 0 Å². The normalized spacial score (nSPS) is 10.3. The monoisotopic (exact) mass is 284 g/mol. The first kappa shape index (κ1) is 12.7. The van der Waals surface area contributed by atoms with Crippen LogP contribution in [-0.4, -0.2) is 17.4 Å². The molecular weight excluding hydrogens is 279 g/mol. The molecule has 2 aromatic rings. The molecule has 0 saturated heterocycles. The first-order valence-corrected chi connectivity index (χ1v) is 5.56. The number of hydrogen-bond donors (Lipinski definition) is 1. The van der Waals surface area contributed by atoms with Gasteiger partial charge in [-0.25, -0.2) is 4.79 Å². The molecule has 1 N–H and O–H groups in total. The summed E-state index contributed by atoms with van der Waals surface area (Å²) in [6, 6.07) is 5.63. The summed E-state index contributed by atoms with van der Waals surface area (Å²) in [5, 5.41) is 9.25. The molecule has 1 heterocycles. The summed E-state index contributed by atoms with van der Waals surface area (Å²) < 4.78 is 5.19. The Hall–Kier alpha value is -1.78. The molecule has 0 radical (unpaired) electrons. The zero-order valence-corrected chi connectivity index (χ0v) is 10.3. The van der Waals surface area contributed by atoms with Gasteiger partial charge in [0.25, 0.3) is 0 Å². The first-order valence-electron chi connectivity index (χ1n) is 4.80. The molecule has 1 aromatic carbocycles. The molecule has 0 unspecified atom stereocenters. The number of carbonyl (C=O) groups is 2. The molecule has 0 aliphatic carbocycles. The molecule has 0 bridgehead atoms. The van der Waals surface area contributed by atoms with Crippen molar-refractivity contribution in [3.63, 3.8) is 0 Å². The lowest BCUT2D eigenvalue weighted by atomic mass is 10.1. The third kappa shape index (κ3) is 2.25. The largest absolute Gasteiger partial charge is 0.478 e. The number of aldehydes is 1. The van der Waals surface area contributed by atoms with Crippen LogP contribution < -0.4 is 0 Å². The average Bonchev–Trinajstić information content (AvgIpc) is 2.77. The Kier molecular flexibility index (Phi) is 3.41. The van der Waals surface area contributed by atoms with Gasteiger partial charge in [0.1, 0.15) is 5.76 Å². The van der Waals surface area contributed by atoms with Crippen LogP contribution in [0.3, 0.4) is 0 Å². The van der Waals surface area contributed by atoms with Crippen molar-refractivity contribution >= 4 is 35.5 Å². The van der Waals surface area contributed by atoms with E-state index in [1.807, 2.05) is 0 Å². The summed E-state index contributed by atoms with van der Waals surface area (Å²) in [4.78, 5) is 21.5. The van der Waals surface area contributed by atoms with Crippen molar-refractivity contribution in [2.75, 3.05) is 0 Å². The van der Waals surface area contributed by atoms with Gasteiger partial charge >= 0.3 is 5.97 Å². The van der Waals surface area contributed by atoms with Crippen molar-refractivity contribution in [1.29, 1.82) is 0 Å². The van der Waals surface area contributed by atoms with Gasteiger partial charge in [-0.05, 0) is 24.3 Å². The van der Waals surface area contributed by atoms with E-state index in [-0.39, 0.29) is 21.4 Å². The number of benzene rings is 1. The Morgan fingerprint density at radius 2 is 1.94 bits per heavy atom. The minimum absolute atomic E-state index is 0.0402. The lowest BCUT2D eigenvalue weighted by Crippen LogP contribution is -1.98. The van der Waals surface area contributed by atoms with Crippen molar-refractivity contribution in [3.05, 3.63) is 45.6 Å². The van der Waals surface area contributed by atoms with E-state index < -0.39 is 5.97 Å². The Labute approximate surface area is 112 Å². The maximum Gasteiger partial charge on any atom is 0.337 e. The van der Waals surface area contributed by atoms with Gasteiger partial charge < -0.3 is 9.52 Å². The van der Waals surface area contributed by atoms with Crippen LogP contribution in [0, 0.1) is 0 Å². The number of carboxylic acid groups (broad SMARTS) is 1. The lowest BCUT2D eigenvalue weighted by Gasteiger charge is -2.05. The standard InChI is InChI=1S/C12H6Cl2O4/c13-9-4-10(14)8(12(16)17)3-7(9)11-2-1-6(5-15)18-11/h1-5H,(H,16,17). The number of halogens is 2. The summed E-state index contributed by atoms with van der Waals surface area (Å²) in [5.41, 5.74) is 0.284. The topological polar surface area (TPSA) is 67.5 Å². The predicted octanol–water partition coefficient (Wildman–Crippen LogP) is 3.76. The second-order valence-electron chi connectivity index (χ2n) is 3.44. The molecule has 0 amide bonds. The maximum absolute atomic E-state index is 11.0. The van der Waals surface area contributed by atoms with E-state index in [9.17, 15) is 9.59 Å². The summed E-state index contributed by atoms with van der Waals surface area (Å²) in [7, 11) is 0. The zero-order valence-electron chi connectivity index (χ0n) is 8.81. The summed E-state index contributed by atoms with van der Waals surface area (Å²) in [5.74, 6) is -0.728. The molecule has 18 heavy (non-hydrogen) atoms. The number of furan rings is 1. The molecule has 0 fully saturated rings. The van der Waals surface area contributed by atoms with Gasteiger partial charge in [-0.15, -0.1) is 0 Å². The fourth-order valence-electron chi connectivity index (χ4n) is 1.46. The van der Waals surface area contributed by atoms with Crippen LogP contribution in [0.15, 0.2) is 28.7 Å². The van der Waals surface area contributed by atoms with Crippen molar-refractivity contribution < 1.29 is 19.1 Å². The quantitative estimate of drug-likeness (QED) is 0.872. The van der Waals surface area contributed by atoms with E-state index in [0.29, 0.717) is 17.6 Å². The number of rotatable bonds is 3. The van der Waals surface area contributed by atoms with Crippen LogP contribution in [-0.2, 0) is 0 Å². The molecule has 0 saturated carbocycles. The van der Waals surface area contributed by atoms with Crippen LogP contribution in [0.25, 0.3) is 11.3 Å². The van der Waals surface area contributed by atoms with E-state index in [2.05, 4.69) is 0 Å². The predicted molar refractivity (Wildman–Crippen MR) is 66.5 cm³/mol. The van der Waals surface area contributed by atoms with E-state index in [0.717, 1.165) is 0 Å². The number of carbonyl (C=O) groups excluding carboxylic acids is 1. The Morgan fingerprint density at radius 1 is 1.22 bits per heavy atom. The van der Waals surface area contributed by atoms with Gasteiger partial charge in [0.05, 0.1) is 15.6 Å². The number of hydrogen-bond acceptors (Lipinski definition) is 3. The molecule has 0 atom stereocenters. The molecule has 6 heteroatoms. The Balaban J connectivity index is 2.59. The van der Waals surface area contributed by atoms with Gasteiger partial charge in [-0.1, -0.05) is 23.2 Å². The zero-order chi connectivity index (χ0) is 13.3. The smallest absolute Gasteiger partial charge is 0.337 e. The Morgan fingerprint density at radius 3 is 2.50 bits per heavy atom. The lowest BCUT2D eigenvalue weighted by molar-refractivity contribution is 0.0697. The van der Waals surface area contributed by atoms with Gasteiger partial charge in [0.15, 0.2) is 12.0 Å². The minimum atomic E-state index is -1.17. The first-order chi connectivity index (χ1) is 8.52. The van der Waals surface area contributed by atoms with Gasteiger partial charge in [0, 0.05) is 5.56 Å². The molecular formula is C12H6Cl2O4. The molecule has 1 aromatic heterocycles. The van der Waals surface area contributed by atoms with E-state index in [1.165, 1.54) is 24.3 Å². The highest BCUT2D eigenvalue weighted by molar-refractivity contribution is 6.38. The van der Waals surface area contributed by atoms with Crippen LogP contribution in [0.4, 0.5) is 0 Å². The van der Waals surface area contributed by atoms with Crippen molar-refractivity contribution in [3.8, 4) is 11.3 Å². The molecule has 2 rings (SSSR count). The van der Waals surface area contributed by atoms with E-state index in [4.69, 9.17) is 32.7 Å². The van der Waals surface area contributed by atoms with Crippen LogP contribution in [0.1, 0.15) is 20.9 Å². The number of aromatic carboxylic acids is 1. The molecule has 92 valence electrons. The number of carboxylic acids is 1. The summed E-state index contributed by atoms with van der Waals surface area (Å²) >= 11 is 11.7. The second kappa shape index (κ2) is 4.84. The van der Waals surface area contributed by atoms with Crippen LogP contribution >= 0.6 is 23.2 Å². The fraction of sp³-hybridized carbons (Fsp3) is 0. The maximum atomic E-state index is 11.0.